The van der Waals surface area contributed by atoms with Crippen LogP contribution < -0.4 is 4.74 Å². The van der Waals surface area contributed by atoms with Crippen molar-refractivity contribution in [3.8, 4) is 5.75 Å². The minimum Gasteiger partial charge on any atom is -0.496 e. The van der Waals surface area contributed by atoms with E-state index in [-0.39, 0.29) is 0 Å². The summed E-state index contributed by atoms with van der Waals surface area (Å²) in [5.74, 6) is 2.68. The molecule has 1 aromatic carbocycles. The molecule has 1 aliphatic heterocycles. The minimum atomic E-state index is -0.776. The molecule has 0 unspecified atom stereocenters. The largest absolute Gasteiger partial charge is 0.496 e. The topological polar surface area (TPSA) is 29.5 Å². The molecule has 0 aromatic heterocycles. The van der Waals surface area contributed by atoms with Gasteiger partial charge in [-0.3, -0.25) is 0 Å². The van der Waals surface area contributed by atoms with E-state index in [0.29, 0.717) is 5.02 Å². The molecule has 1 saturated heterocycles. The average molecular weight is 259 g/mol. The number of ether oxygens (including phenoxy) is 1. The quantitative estimate of drug-likeness (QED) is 0.884. The summed E-state index contributed by atoms with van der Waals surface area (Å²) < 4.78 is 5.29. The van der Waals surface area contributed by atoms with E-state index in [4.69, 9.17) is 16.3 Å². The number of hydrogen-bond acceptors (Lipinski definition) is 3. The van der Waals surface area contributed by atoms with E-state index in [0.717, 1.165) is 35.7 Å². The number of hydrogen-bond donors (Lipinski definition) is 1. The lowest BCUT2D eigenvalue weighted by molar-refractivity contribution is 0.0258. The molecule has 0 aliphatic carbocycles. The first-order valence-electron chi connectivity index (χ1n) is 5.30. The van der Waals surface area contributed by atoms with Crippen molar-refractivity contribution in [3.63, 3.8) is 0 Å². The van der Waals surface area contributed by atoms with Crippen LogP contribution in [0.2, 0.25) is 5.02 Å². The molecule has 2 nitrogen and oxygen atoms in total. The highest BCUT2D eigenvalue weighted by atomic mass is 35.5. The Morgan fingerprint density at radius 3 is 2.69 bits per heavy atom. The molecule has 4 heteroatoms. The molecule has 0 saturated carbocycles. The number of thioether (sulfide) groups is 1. The van der Waals surface area contributed by atoms with Crippen LogP contribution in [0, 0.1) is 0 Å². The van der Waals surface area contributed by atoms with Crippen LogP contribution in [0.1, 0.15) is 18.4 Å². The predicted molar refractivity (Wildman–Crippen MR) is 68.5 cm³/mol. The molecule has 88 valence electrons. The third-order valence-electron chi connectivity index (χ3n) is 2.98. The van der Waals surface area contributed by atoms with Crippen molar-refractivity contribution in [1.82, 2.24) is 0 Å². The highest BCUT2D eigenvalue weighted by Crippen LogP contribution is 2.41. The first kappa shape index (κ1) is 12.1. The van der Waals surface area contributed by atoms with E-state index in [1.165, 1.54) is 0 Å². The molecule has 0 radical (unpaired) electrons. The standard InChI is InChI=1S/C12H15ClO2S/c1-15-11-3-2-9(13)8-10(11)12(14)4-6-16-7-5-12/h2-3,8,14H,4-7H2,1H3. The highest BCUT2D eigenvalue weighted by molar-refractivity contribution is 7.99. The minimum absolute atomic E-state index is 0.641. The number of halogens is 1. The maximum Gasteiger partial charge on any atom is 0.125 e. The summed E-state index contributed by atoms with van der Waals surface area (Å²) in [5.41, 5.74) is 0.0457. The fourth-order valence-electron chi connectivity index (χ4n) is 2.02. The Kier molecular flexibility index (Phi) is 3.67. The lowest BCUT2D eigenvalue weighted by Crippen LogP contribution is -2.31. The van der Waals surface area contributed by atoms with Gasteiger partial charge in [0.05, 0.1) is 12.7 Å². The van der Waals surface area contributed by atoms with E-state index in [2.05, 4.69) is 0 Å². The van der Waals surface area contributed by atoms with E-state index in [1.807, 2.05) is 23.9 Å². The van der Waals surface area contributed by atoms with Gasteiger partial charge in [-0.15, -0.1) is 0 Å². The van der Waals surface area contributed by atoms with Crippen LogP contribution in [0.5, 0.6) is 5.75 Å². The van der Waals surface area contributed by atoms with Gasteiger partial charge < -0.3 is 9.84 Å². The van der Waals surface area contributed by atoms with Gasteiger partial charge in [-0.05, 0) is 42.5 Å². The zero-order valence-corrected chi connectivity index (χ0v) is 10.8. The van der Waals surface area contributed by atoms with Crippen LogP contribution in [0.25, 0.3) is 0 Å². The lowest BCUT2D eigenvalue weighted by Gasteiger charge is -2.33. The van der Waals surface area contributed by atoms with Crippen LogP contribution in [0.15, 0.2) is 18.2 Å². The molecule has 1 heterocycles. The number of aliphatic hydroxyl groups is 1. The molecule has 1 fully saturated rings. The molecular weight excluding hydrogens is 244 g/mol. The molecule has 0 bridgehead atoms. The summed E-state index contributed by atoms with van der Waals surface area (Å²) in [7, 11) is 1.62. The predicted octanol–water partition coefficient (Wildman–Crippen LogP) is 3.06. The molecule has 0 amide bonds. The molecule has 0 spiro atoms. The Hall–Kier alpha value is -0.380. The third-order valence-corrected chi connectivity index (χ3v) is 4.20. The second-order valence-electron chi connectivity index (χ2n) is 3.99. The van der Waals surface area contributed by atoms with Crippen LogP contribution >= 0.6 is 23.4 Å². The van der Waals surface area contributed by atoms with Gasteiger partial charge in [0.15, 0.2) is 0 Å². The van der Waals surface area contributed by atoms with Crippen molar-refractivity contribution in [2.24, 2.45) is 0 Å². The molecule has 0 atom stereocenters. The normalized spacial score (nSPS) is 19.4. The number of rotatable bonds is 2. The molecular formula is C12H15ClO2S. The van der Waals surface area contributed by atoms with Crippen molar-refractivity contribution < 1.29 is 9.84 Å². The van der Waals surface area contributed by atoms with Crippen molar-refractivity contribution in [2.45, 2.75) is 18.4 Å². The Bertz CT molecular complexity index is 375. The first-order valence-corrected chi connectivity index (χ1v) is 6.83. The molecule has 1 aromatic rings. The second-order valence-corrected chi connectivity index (χ2v) is 5.65. The molecule has 1 N–H and O–H groups in total. The Morgan fingerprint density at radius 1 is 1.38 bits per heavy atom. The zero-order chi connectivity index (χ0) is 11.6. The van der Waals surface area contributed by atoms with Gasteiger partial charge in [0.2, 0.25) is 0 Å². The van der Waals surface area contributed by atoms with Crippen LogP contribution in [0.4, 0.5) is 0 Å². The SMILES string of the molecule is COc1ccc(Cl)cc1C1(O)CCSCC1. The first-order chi connectivity index (χ1) is 7.65. The summed E-state index contributed by atoms with van der Waals surface area (Å²) in [6.07, 6.45) is 1.52. The zero-order valence-electron chi connectivity index (χ0n) is 9.20. The second kappa shape index (κ2) is 4.86. The molecule has 1 aliphatic rings. The average Bonchev–Trinajstić information content (AvgIpc) is 2.30. The Morgan fingerprint density at radius 2 is 2.06 bits per heavy atom. The van der Waals surface area contributed by atoms with Gasteiger partial charge in [-0.1, -0.05) is 11.6 Å². The molecule has 16 heavy (non-hydrogen) atoms. The van der Waals surface area contributed by atoms with Gasteiger partial charge >= 0.3 is 0 Å². The van der Waals surface area contributed by atoms with Crippen LogP contribution in [0.3, 0.4) is 0 Å². The summed E-state index contributed by atoms with van der Waals surface area (Å²) >= 11 is 7.86. The van der Waals surface area contributed by atoms with Crippen molar-refractivity contribution in [1.29, 1.82) is 0 Å². The van der Waals surface area contributed by atoms with Gasteiger partial charge in [-0.2, -0.15) is 11.8 Å². The summed E-state index contributed by atoms with van der Waals surface area (Å²) in [6.45, 7) is 0. The van der Waals surface area contributed by atoms with E-state index in [9.17, 15) is 5.11 Å². The third kappa shape index (κ3) is 2.31. The fraction of sp³-hybridized carbons (Fsp3) is 0.500. The monoisotopic (exact) mass is 258 g/mol. The Balaban J connectivity index is 2.40. The summed E-state index contributed by atoms with van der Waals surface area (Å²) in [5, 5.41) is 11.3. The maximum atomic E-state index is 10.6. The van der Waals surface area contributed by atoms with Crippen LogP contribution in [-0.2, 0) is 5.60 Å². The van der Waals surface area contributed by atoms with Crippen LogP contribution in [-0.4, -0.2) is 23.7 Å². The van der Waals surface area contributed by atoms with E-state index in [1.54, 1.807) is 13.2 Å². The number of methoxy groups -OCH3 is 1. The van der Waals surface area contributed by atoms with Gasteiger partial charge in [0.25, 0.3) is 0 Å². The summed E-state index contributed by atoms with van der Waals surface area (Å²) in [4.78, 5) is 0. The van der Waals surface area contributed by atoms with Gasteiger partial charge in [-0.25, -0.2) is 0 Å². The highest BCUT2D eigenvalue weighted by Gasteiger charge is 2.34. The van der Waals surface area contributed by atoms with Crippen molar-refractivity contribution in [2.75, 3.05) is 18.6 Å². The van der Waals surface area contributed by atoms with Gasteiger partial charge in [0, 0.05) is 10.6 Å². The number of benzene rings is 1. The van der Waals surface area contributed by atoms with Crippen molar-refractivity contribution in [3.05, 3.63) is 28.8 Å². The summed E-state index contributed by atoms with van der Waals surface area (Å²) in [6, 6.07) is 5.42. The smallest absolute Gasteiger partial charge is 0.125 e. The fourth-order valence-corrected chi connectivity index (χ4v) is 3.36. The van der Waals surface area contributed by atoms with E-state index >= 15 is 0 Å². The Labute approximate surface area is 105 Å². The van der Waals surface area contributed by atoms with E-state index < -0.39 is 5.60 Å². The van der Waals surface area contributed by atoms with Crippen molar-refractivity contribution >= 4 is 23.4 Å². The van der Waals surface area contributed by atoms with Gasteiger partial charge in [0.1, 0.15) is 5.75 Å². The molecule has 2 rings (SSSR count). The lowest BCUT2D eigenvalue weighted by atomic mass is 9.87. The maximum absolute atomic E-state index is 10.6.